The molecule has 0 aliphatic rings. The van der Waals surface area contributed by atoms with Crippen LogP contribution in [0, 0.1) is 0 Å². The van der Waals surface area contributed by atoms with E-state index in [-0.39, 0.29) is 5.91 Å². The van der Waals surface area contributed by atoms with Crippen molar-refractivity contribution >= 4 is 12.1 Å². The van der Waals surface area contributed by atoms with E-state index in [1.807, 2.05) is 42.5 Å². The highest BCUT2D eigenvalue weighted by Gasteiger charge is 2.03. The monoisotopic (exact) mass is 224 g/mol. The third kappa shape index (κ3) is 2.84. The van der Waals surface area contributed by atoms with Crippen molar-refractivity contribution in [2.75, 3.05) is 0 Å². The lowest BCUT2D eigenvalue weighted by Crippen LogP contribution is -1.94. The van der Waals surface area contributed by atoms with E-state index in [1.165, 1.54) is 13.1 Å². The number of carbonyl (C=O) groups excluding carboxylic acids is 1. The number of aliphatic imine (C=N–C) groups is 1. The van der Waals surface area contributed by atoms with Crippen LogP contribution < -0.4 is 0 Å². The fourth-order valence-electron chi connectivity index (χ4n) is 1.53. The number of hydrogen-bond donors (Lipinski definition) is 0. The molecule has 0 bridgehead atoms. The van der Waals surface area contributed by atoms with E-state index >= 15 is 0 Å². The van der Waals surface area contributed by atoms with Crippen molar-refractivity contribution in [3.8, 4) is 11.1 Å². The van der Waals surface area contributed by atoms with E-state index in [0.29, 0.717) is 5.69 Å². The average molecular weight is 224 g/mol. The summed E-state index contributed by atoms with van der Waals surface area (Å²) in [6.07, 6.45) is 3.19. The average Bonchev–Trinajstić information content (AvgIpc) is 2.38. The van der Waals surface area contributed by atoms with E-state index in [2.05, 4.69) is 9.98 Å². The van der Waals surface area contributed by atoms with Crippen LogP contribution in [-0.4, -0.2) is 17.1 Å². The van der Waals surface area contributed by atoms with Crippen LogP contribution in [0.5, 0.6) is 0 Å². The number of hydrogen-bond acceptors (Lipinski definition) is 2. The summed E-state index contributed by atoms with van der Waals surface area (Å²) in [5.41, 5.74) is 2.73. The lowest BCUT2D eigenvalue weighted by atomic mass is 10.0. The Balaban J connectivity index is 2.45. The fourth-order valence-corrected chi connectivity index (χ4v) is 1.53. The zero-order valence-electron chi connectivity index (χ0n) is 9.50. The minimum atomic E-state index is -0.227. The van der Waals surface area contributed by atoms with Gasteiger partial charge in [0.1, 0.15) is 0 Å². The van der Waals surface area contributed by atoms with E-state index in [1.54, 1.807) is 6.20 Å². The van der Waals surface area contributed by atoms with Gasteiger partial charge in [0, 0.05) is 18.7 Å². The standard InChI is InChI=1S/C14H12N2O/c1-11(17)16-10-14-13(8-5-9-15-14)12-6-3-2-4-7-12/h2-10H,1H3. The summed E-state index contributed by atoms with van der Waals surface area (Å²) in [4.78, 5) is 18.8. The topological polar surface area (TPSA) is 42.3 Å². The summed E-state index contributed by atoms with van der Waals surface area (Å²) < 4.78 is 0. The van der Waals surface area contributed by atoms with Crippen molar-refractivity contribution < 1.29 is 4.79 Å². The molecule has 3 heteroatoms. The van der Waals surface area contributed by atoms with Crippen LogP contribution in [0.15, 0.2) is 53.7 Å². The molecule has 1 amide bonds. The Morgan fingerprint density at radius 1 is 1.18 bits per heavy atom. The van der Waals surface area contributed by atoms with Crippen LogP contribution in [0.2, 0.25) is 0 Å². The van der Waals surface area contributed by atoms with Crippen molar-refractivity contribution in [1.82, 2.24) is 4.98 Å². The molecule has 0 fully saturated rings. The molecule has 3 nitrogen and oxygen atoms in total. The highest BCUT2D eigenvalue weighted by Crippen LogP contribution is 2.20. The van der Waals surface area contributed by atoms with Crippen molar-refractivity contribution in [3.63, 3.8) is 0 Å². The molecule has 0 aliphatic carbocycles. The maximum Gasteiger partial charge on any atom is 0.242 e. The molecule has 0 unspecified atom stereocenters. The van der Waals surface area contributed by atoms with Gasteiger partial charge in [-0.15, -0.1) is 0 Å². The van der Waals surface area contributed by atoms with Crippen molar-refractivity contribution in [3.05, 3.63) is 54.4 Å². The van der Waals surface area contributed by atoms with Crippen LogP contribution in [0.4, 0.5) is 0 Å². The summed E-state index contributed by atoms with van der Waals surface area (Å²) in [5, 5.41) is 0. The molecule has 2 aromatic rings. The molecule has 0 aliphatic heterocycles. The maximum atomic E-state index is 10.8. The number of aromatic nitrogens is 1. The molecule has 0 radical (unpaired) electrons. The van der Waals surface area contributed by atoms with E-state index < -0.39 is 0 Å². The molecule has 0 spiro atoms. The SMILES string of the molecule is CC(=O)N=Cc1ncccc1-c1ccccc1. The van der Waals surface area contributed by atoms with E-state index in [4.69, 9.17) is 0 Å². The van der Waals surface area contributed by atoms with Gasteiger partial charge in [0.05, 0.1) is 11.9 Å². The zero-order valence-corrected chi connectivity index (χ0v) is 9.50. The van der Waals surface area contributed by atoms with Gasteiger partial charge in [0.15, 0.2) is 0 Å². The molecule has 0 saturated heterocycles. The maximum absolute atomic E-state index is 10.8. The Morgan fingerprint density at radius 3 is 2.65 bits per heavy atom. The summed E-state index contributed by atoms with van der Waals surface area (Å²) in [5.74, 6) is -0.227. The van der Waals surface area contributed by atoms with E-state index in [9.17, 15) is 4.79 Å². The molecule has 1 aromatic carbocycles. The molecule has 2 rings (SSSR count). The number of pyridine rings is 1. The lowest BCUT2D eigenvalue weighted by molar-refractivity contribution is -0.115. The van der Waals surface area contributed by atoms with Crippen LogP contribution in [0.3, 0.4) is 0 Å². The Morgan fingerprint density at radius 2 is 1.94 bits per heavy atom. The predicted octanol–water partition coefficient (Wildman–Crippen LogP) is 2.71. The fraction of sp³-hybridized carbons (Fsp3) is 0.0714. The first-order valence-electron chi connectivity index (χ1n) is 5.32. The molecule has 84 valence electrons. The van der Waals surface area contributed by atoms with Gasteiger partial charge in [-0.25, -0.2) is 4.99 Å². The van der Waals surface area contributed by atoms with Crippen LogP contribution >= 0.6 is 0 Å². The van der Waals surface area contributed by atoms with Crippen molar-refractivity contribution in [2.24, 2.45) is 4.99 Å². The quantitative estimate of drug-likeness (QED) is 0.736. The van der Waals surface area contributed by atoms with Gasteiger partial charge in [-0.05, 0) is 11.6 Å². The molecule has 1 aromatic heterocycles. The molecule has 0 atom stereocenters. The molecular weight excluding hydrogens is 212 g/mol. The van der Waals surface area contributed by atoms with Gasteiger partial charge < -0.3 is 0 Å². The van der Waals surface area contributed by atoms with E-state index in [0.717, 1.165) is 11.1 Å². The predicted molar refractivity (Wildman–Crippen MR) is 67.9 cm³/mol. The number of carbonyl (C=O) groups is 1. The Labute approximate surface area is 99.9 Å². The van der Waals surface area contributed by atoms with Crippen LogP contribution in [0.1, 0.15) is 12.6 Å². The molecule has 1 heterocycles. The summed E-state index contributed by atoms with van der Waals surface area (Å²) >= 11 is 0. The second kappa shape index (κ2) is 5.16. The first-order chi connectivity index (χ1) is 8.27. The zero-order chi connectivity index (χ0) is 12.1. The second-order valence-corrected chi connectivity index (χ2v) is 3.58. The highest BCUT2D eigenvalue weighted by atomic mass is 16.1. The number of rotatable bonds is 2. The Bertz CT molecular complexity index is 547. The van der Waals surface area contributed by atoms with Gasteiger partial charge in [-0.2, -0.15) is 0 Å². The molecule has 0 saturated carbocycles. The summed E-state index contributed by atoms with van der Waals surface area (Å²) in [6, 6.07) is 13.7. The van der Waals surface area contributed by atoms with Crippen molar-refractivity contribution in [2.45, 2.75) is 6.92 Å². The third-order valence-electron chi connectivity index (χ3n) is 2.29. The van der Waals surface area contributed by atoms with Gasteiger partial charge in [-0.3, -0.25) is 9.78 Å². The summed E-state index contributed by atoms with van der Waals surface area (Å²) in [6.45, 7) is 1.42. The van der Waals surface area contributed by atoms with Crippen LogP contribution in [0.25, 0.3) is 11.1 Å². The minimum absolute atomic E-state index is 0.227. The smallest absolute Gasteiger partial charge is 0.242 e. The molecule has 0 N–H and O–H groups in total. The minimum Gasteiger partial charge on any atom is -0.273 e. The van der Waals surface area contributed by atoms with Crippen molar-refractivity contribution in [1.29, 1.82) is 0 Å². The number of nitrogens with zero attached hydrogens (tertiary/aromatic N) is 2. The summed E-state index contributed by atoms with van der Waals surface area (Å²) in [7, 11) is 0. The second-order valence-electron chi connectivity index (χ2n) is 3.58. The first kappa shape index (κ1) is 11.2. The largest absolute Gasteiger partial charge is 0.273 e. The Kier molecular flexibility index (Phi) is 3.40. The van der Waals surface area contributed by atoms with Gasteiger partial charge in [0.2, 0.25) is 5.91 Å². The number of benzene rings is 1. The highest BCUT2D eigenvalue weighted by molar-refractivity contribution is 5.94. The normalized spacial score (nSPS) is 10.6. The van der Waals surface area contributed by atoms with Gasteiger partial charge in [0.25, 0.3) is 0 Å². The lowest BCUT2D eigenvalue weighted by Gasteiger charge is -2.03. The number of amides is 1. The third-order valence-corrected chi connectivity index (χ3v) is 2.29. The first-order valence-corrected chi connectivity index (χ1v) is 5.32. The van der Waals surface area contributed by atoms with Gasteiger partial charge >= 0.3 is 0 Å². The molecule has 17 heavy (non-hydrogen) atoms. The van der Waals surface area contributed by atoms with Crippen LogP contribution in [-0.2, 0) is 4.79 Å². The Hall–Kier alpha value is -2.29. The molecular formula is C14H12N2O. The van der Waals surface area contributed by atoms with Gasteiger partial charge in [-0.1, -0.05) is 36.4 Å².